The van der Waals surface area contributed by atoms with Crippen molar-refractivity contribution in [3.63, 3.8) is 0 Å². The molecule has 0 spiro atoms. The molecular formula is C10H9BrF3NO2. The summed E-state index contributed by atoms with van der Waals surface area (Å²) in [6.45, 7) is 1.57. The molecule has 1 heterocycles. The van der Waals surface area contributed by atoms with E-state index in [2.05, 4.69) is 25.7 Å². The number of esters is 1. The molecule has 0 fully saturated rings. The lowest BCUT2D eigenvalue weighted by molar-refractivity contribution is 0.0518. The van der Waals surface area contributed by atoms with Crippen LogP contribution >= 0.6 is 15.9 Å². The van der Waals surface area contributed by atoms with E-state index >= 15 is 0 Å². The molecule has 1 rings (SSSR count). The SMILES string of the molecule is CCOC(=O)c1c(CBr)cnc(C(F)F)c1F. The molecule has 0 atom stereocenters. The molecule has 7 heteroatoms. The fourth-order valence-electron chi connectivity index (χ4n) is 1.22. The van der Waals surface area contributed by atoms with Crippen molar-refractivity contribution in [1.29, 1.82) is 0 Å². The number of nitrogens with zero attached hydrogens (tertiary/aromatic N) is 1. The van der Waals surface area contributed by atoms with E-state index in [1.165, 1.54) is 0 Å². The highest BCUT2D eigenvalue weighted by Crippen LogP contribution is 2.25. The maximum atomic E-state index is 13.7. The number of carbonyl (C=O) groups is 1. The van der Waals surface area contributed by atoms with Gasteiger partial charge in [-0.15, -0.1) is 0 Å². The zero-order valence-corrected chi connectivity index (χ0v) is 10.4. The highest BCUT2D eigenvalue weighted by molar-refractivity contribution is 9.08. The predicted octanol–water partition coefficient (Wildman–Crippen LogP) is 3.23. The minimum Gasteiger partial charge on any atom is -0.462 e. The lowest BCUT2D eigenvalue weighted by Crippen LogP contribution is -2.13. The third-order valence-electron chi connectivity index (χ3n) is 1.96. The van der Waals surface area contributed by atoms with Crippen molar-refractivity contribution in [2.24, 2.45) is 0 Å². The smallest absolute Gasteiger partial charge is 0.341 e. The number of halogens is 4. The van der Waals surface area contributed by atoms with Crippen LogP contribution in [0.15, 0.2) is 6.20 Å². The minimum absolute atomic E-state index is 0.0341. The summed E-state index contributed by atoms with van der Waals surface area (Å²) in [5, 5.41) is 0.120. The molecule has 1 aromatic heterocycles. The number of rotatable bonds is 4. The minimum atomic E-state index is -3.08. The van der Waals surface area contributed by atoms with Crippen LogP contribution in [-0.4, -0.2) is 17.6 Å². The van der Waals surface area contributed by atoms with Gasteiger partial charge in [-0.1, -0.05) is 15.9 Å². The molecule has 3 nitrogen and oxygen atoms in total. The molecule has 0 bridgehead atoms. The second-order valence-electron chi connectivity index (χ2n) is 3.01. The number of carbonyl (C=O) groups excluding carboxylic acids is 1. The summed E-state index contributed by atoms with van der Waals surface area (Å²) >= 11 is 3.02. The van der Waals surface area contributed by atoms with Gasteiger partial charge in [-0.05, 0) is 12.5 Å². The molecule has 0 aliphatic carbocycles. The first-order chi connectivity index (χ1) is 8.02. The zero-order chi connectivity index (χ0) is 13.0. The van der Waals surface area contributed by atoms with Gasteiger partial charge in [0.05, 0.1) is 6.61 Å². The van der Waals surface area contributed by atoms with E-state index in [4.69, 9.17) is 0 Å². The van der Waals surface area contributed by atoms with Crippen LogP contribution in [0.5, 0.6) is 0 Å². The Morgan fingerprint density at radius 1 is 1.59 bits per heavy atom. The Labute approximate surface area is 104 Å². The number of alkyl halides is 3. The van der Waals surface area contributed by atoms with Crippen molar-refractivity contribution in [2.45, 2.75) is 18.7 Å². The Bertz CT molecular complexity index is 426. The molecule has 1 aromatic rings. The third kappa shape index (κ3) is 2.96. The van der Waals surface area contributed by atoms with Crippen LogP contribution < -0.4 is 0 Å². The second-order valence-corrected chi connectivity index (χ2v) is 3.57. The monoisotopic (exact) mass is 311 g/mol. The van der Waals surface area contributed by atoms with E-state index in [9.17, 15) is 18.0 Å². The van der Waals surface area contributed by atoms with E-state index in [0.717, 1.165) is 6.20 Å². The van der Waals surface area contributed by atoms with E-state index < -0.39 is 29.5 Å². The number of hydrogen-bond donors (Lipinski definition) is 0. The summed E-state index contributed by atoms with van der Waals surface area (Å²) in [6.07, 6.45) is -2.04. The lowest BCUT2D eigenvalue weighted by Gasteiger charge is -2.10. The van der Waals surface area contributed by atoms with Gasteiger partial charge in [0, 0.05) is 11.5 Å². The normalized spacial score (nSPS) is 10.7. The van der Waals surface area contributed by atoms with Crippen molar-refractivity contribution in [1.82, 2.24) is 4.98 Å². The molecule has 0 radical (unpaired) electrons. The average molecular weight is 312 g/mol. The first-order valence-electron chi connectivity index (χ1n) is 4.71. The van der Waals surface area contributed by atoms with Crippen molar-refractivity contribution in [3.05, 3.63) is 28.8 Å². The average Bonchev–Trinajstić information content (AvgIpc) is 2.27. The van der Waals surface area contributed by atoms with Crippen LogP contribution in [0.4, 0.5) is 13.2 Å². The maximum Gasteiger partial charge on any atom is 0.341 e. The van der Waals surface area contributed by atoms with Crippen LogP contribution in [0.2, 0.25) is 0 Å². The van der Waals surface area contributed by atoms with Gasteiger partial charge in [0.2, 0.25) is 0 Å². The molecule has 0 saturated carbocycles. The predicted molar refractivity (Wildman–Crippen MR) is 57.7 cm³/mol. The standard InChI is InChI=1S/C10H9BrF3NO2/c1-2-17-10(16)6-5(3-11)4-15-8(7(6)12)9(13)14/h4,9H,2-3H2,1H3. The third-order valence-corrected chi connectivity index (χ3v) is 2.56. The number of ether oxygens (including phenoxy) is 1. The molecule has 0 aliphatic rings. The summed E-state index contributed by atoms with van der Waals surface area (Å²) in [6, 6.07) is 0. The van der Waals surface area contributed by atoms with Gasteiger partial charge in [-0.3, -0.25) is 4.98 Å². The van der Waals surface area contributed by atoms with Gasteiger partial charge >= 0.3 is 5.97 Å². The highest BCUT2D eigenvalue weighted by Gasteiger charge is 2.25. The van der Waals surface area contributed by atoms with E-state index in [0.29, 0.717) is 0 Å². The highest BCUT2D eigenvalue weighted by atomic mass is 79.9. The largest absolute Gasteiger partial charge is 0.462 e. The van der Waals surface area contributed by atoms with Crippen LogP contribution in [0, 0.1) is 5.82 Å². The van der Waals surface area contributed by atoms with Crippen molar-refractivity contribution in [3.8, 4) is 0 Å². The fourth-order valence-corrected chi connectivity index (χ4v) is 1.64. The van der Waals surface area contributed by atoms with Gasteiger partial charge in [0.1, 0.15) is 11.3 Å². The van der Waals surface area contributed by atoms with E-state index in [-0.39, 0.29) is 17.5 Å². The summed E-state index contributed by atoms with van der Waals surface area (Å²) in [7, 11) is 0. The van der Waals surface area contributed by atoms with Gasteiger partial charge in [0.25, 0.3) is 6.43 Å². The lowest BCUT2D eigenvalue weighted by atomic mass is 10.1. The van der Waals surface area contributed by atoms with E-state index in [1.54, 1.807) is 6.92 Å². The molecule has 0 unspecified atom stereocenters. The Hall–Kier alpha value is -1.11. The van der Waals surface area contributed by atoms with Gasteiger partial charge < -0.3 is 4.74 Å². The Kier molecular flexibility index (Phi) is 4.92. The molecule has 17 heavy (non-hydrogen) atoms. The molecule has 0 aromatic carbocycles. The zero-order valence-electron chi connectivity index (χ0n) is 8.84. The molecule has 0 aliphatic heterocycles. The van der Waals surface area contributed by atoms with Gasteiger partial charge in [-0.25, -0.2) is 18.0 Å². The van der Waals surface area contributed by atoms with E-state index in [1.807, 2.05) is 0 Å². The Morgan fingerprint density at radius 2 is 2.24 bits per heavy atom. The molecule has 0 saturated heterocycles. The van der Waals surface area contributed by atoms with Crippen molar-refractivity contribution >= 4 is 21.9 Å². The summed E-state index contributed by atoms with van der Waals surface area (Å²) in [5.41, 5.74) is -1.36. The maximum absolute atomic E-state index is 13.7. The number of hydrogen-bond acceptors (Lipinski definition) is 3. The molecule has 0 amide bonds. The van der Waals surface area contributed by atoms with Crippen LogP contribution in [0.3, 0.4) is 0 Å². The molecule has 0 N–H and O–H groups in total. The van der Waals surface area contributed by atoms with Crippen LogP contribution in [-0.2, 0) is 10.1 Å². The van der Waals surface area contributed by atoms with Crippen molar-refractivity contribution < 1.29 is 22.7 Å². The molecule has 94 valence electrons. The molecular weight excluding hydrogens is 303 g/mol. The number of pyridine rings is 1. The quantitative estimate of drug-likeness (QED) is 0.633. The second kappa shape index (κ2) is 6.00. The summed E-state index contributed by atoms with van der Waals surface area (Å²) < 4.78 is 43.1. The first kappa shape index (κ1) is 14.0. The van der Waals surface area contributed by atoms with Gasteiger partial charge in [0.15, 0.2) is 5.82 Å². The first-order valence-corrected chi connectivity index (χ1v) is 5.83. The summed E-state index contributed by atoms with van der Waals surface area (Å²) in [4.78, 5) is 14.8. The topological polar surface area (TPSA) is 39.2 Å². The fraction of sp³-hybridized carbons (Fsp3) is 0.400. The van der Waals surface area contributed by atoms with Gasteiger partial charge in [-0.2, -0.15) is 0 Å². The van der Waals surface area contributed by atoms with Crippen LogP contribution in [0.25, 0.3) is 0 Å². The Morgan fingerprint density at radius 3 is 2.71 bits per heavy atom. The van der Waals surface area contributed by atoms with Crippen LogP contribution in [0.1, 0.15) is 35.0 Å². The summed E-state index contributed by atoms with van der Waals surface area (Å²) in [5.74, 6) is -2.29. The van der Waals surface area contributed by atoms with Crippen molar-refractivity contribution in [2.75, 3.05) is 6.61 Å². The number of aromatic nitrogens is 1. The Balaban J connectivity index is 3.32.